The predicted octanol–water partition coefficient (Wildman–Crippen LogP) is 4.11. The van der Waals surface area contributed by atoms with E-state index in [-0.39, 0.29) is 24.2 Å². The predicted molar refractivity (Wildman–Crippen MR) is 106 cm³/mol. The Hall–Kier alpha value is -2.56. The minimum Gasteiger partial charge on any atom is -0.464 e. The van der Waals surface area contributed by atoms with E-state index in [0.29, 0.717) is 19.0 Å². The van der Waals surface area contributed by atoms with Crippen molar-refractivity contribution in [2.45, 2.75) is 46.1 Å². The van der Waals surface area contributed by atoms with Gasteiger partial charge in [-0.2, -0.15) is 0 Å². The zero-order valence-electron chi connectivity index (χ0n) is 16.6. The summed E-state index contributed by atoms with van der Waals surface area (Å²) in [4.78, 5) is 29.0. The summed E-state index contributed by atoms with van der Waals surface area (Å²) < 4.78 is 5.56. The number of hydrogen-bond acceptors (Lipinski definition) is 3. The molecule has 3 rings (SSSR count). The molecule has 1 aromatic carbocycles. The number of rotatable bonds is 6. The van der Waals surface area contributed by atoms with E-state index in [1.54, 1.807) is 16.8 Å². The van der Waals surface area contributed by atoms with Gasteiger partial charge in [-0.1, -0.05) is 32.0 Å². The average Bonchev–Trinajstić information content (AvgIpc) is 3.25. The van der Waals surface area contributed by atoms with Crippen molar-refractivity contribution in [3.63, 3.8) is 0 Å². The molecule has 0 spiro atoms. The Balaban J connectivity index is 1.73. The highest BCUT2D eigenvalue weighted by Gasteiger charge is 2.37. The van der Waals surface area contributed by atoms with Gasteiger partial charge in [0.15, 0.2) is 0 Å². The van der Waals surface area contributed by atoms with Crippen LogP contribution >= 0.6 is 0 Å². The second-order valence-electron chi connectivity index (χ2n) is 7.48. The fourth-order valence-electron chi connectivity index (χ4n) is 3.67. The molecule has 0 radical (unpaired) electrons. The highest BCUT2D eigenvalue weighted by atomic mass is 16.3. The van der Waals surface area contributed by atoms with E-state index in [9.17, 15) is 9.59 Å². The van der Waals surface area contributed by atoms with Crippen LogP contribution in [-0.2, 0) is 16.1 Å². The molecule has 2 amide bonds. The Morgan fingerprint density at radius 1 is 1.30 bits per heavy atom. The van der Waals surface area contributed by atoms with E-state index < -0.39 is 0 Å². The van der Waals surface area contributed by atoms with Gasteiger partial charge in [0.05, 0.1) is 12.5 Å². The topological polar surface area (TPSA) is 53.8 Å². The Kier molecular flexibility index (Phi) is 5.68. The van der Waals surface area contributed by atoms with Gasteiger partial charge in [0.25, 0.3) is 0 Å². The number of amides is 2. The number of nitrogens with zero attached hydrogens (tertiary/aromatic N) is 2. The van der Waals surface area contributed by atoms with E-state index in [4.69, 9.17) is 4.42 Å². The molecule has 0 N–H and O–H groups in total. The fourth-order valence-corrected chi connectivity index (χ4v) is 3.67. The Morgan fingerprint density at radius 3 is 2.70 bits per heavy atom. The first kappa shape index (κ1) is 19.2. The molecule has 1 aromatic heterocycles. The maximum atomic E-state index is 12.9. The van der Waals surface area contributed by atoms with E-state index in [1.165, 1.54) is 5.56 Å². The van der Waals surface area contributed by atoms with Crippen LogP contribution in [0.2, 0.25) is 0 Å². The number of aryl methyl sites for hydroxylation is 1. The first-order chi connectivity index (χ1) is 12.9. The summed E-state index contributed by atoms with van der Waals surface area (Å²) >= 11 is 0. The van der Waals surface area contributed by atoms with Gasteiger partial charge in [0.1, 0.15) is 11.5 Å². The van der Waals surface area contributed by atoms with Crippen molar-refractivity contribution in [3.8, 4) is 0 Å². The molecule has 1 aliphatic rings. The molecule has 144 valence electrons. The molecule has 5 nitrogen and oxygen atoms in total. The van der Waals surface area contributed by atoms with Gasteiger partial charge >= 0.3 is 0 Å². The highest BCUT2D eigenvalue weighted by molar-refractivity contribution is 6.00. The van der Waals surface area contributed by atoms with Gasteiger partial charge in [-0.05, 0) is 43.0 Å². The second-order valence-corrected chi connectivity index (χ2v) is 7.48. The van der Waals surface area contributed by atoms with Crippen molar-refractivity contribution in [1.82, 2.24) is 4.90 Å². The van der Waals surface area contributed by atoms with Gasteiger partial charge in [-0.25, -0.2) is 0 Å². The molecule has 5 heteroatoms. The number of benzene rings is 1. The molecule has 2 aromatic rings. The van der Waals surface area contributed by atoms with Crippen molar-refractivity contribution in [1.29, 1.82) is 0 Å². The molecule has 2 atom stereocenters. The van der Waals surface area contributed by atoms with Gasteiger partial charge < -0.3 is 14.2 Å². The van der Waals surface area contributed by atoms with Crippen LogP contribution in [-0.4, -0.2) is 30.3 Å². The molecule has 27 heavy (non-hydrogen) atoms. The normalized spacial score (nSPS) is 18.0. The number of furan rings is 1. The summed E-state index contributed by atoms with van der Waals surface area (Å²) in [7, 11) is 1.76. The zero-order chi connectivity index (χ0) is 19.6. The maximum absolute atomic E-state index is 12.9. The maximum Gasteiger partial charge on any atom is 0.228 e. The van der Waals surface area contributed by atoms with Crippen molar-refractivity contribution in [3.05, 3.63) is 53.5 Å². The first-order valence-electron chi connectivity index (χ1n) is 9.60. The number of hydrogen-bond donors (Lipinski definition) is 0. The van der Waals surface area contributed by atoms with Crippen LogP contribution in [0.15, 0.2) is 40.8 Å². The van der Waals surface area contributed by atoms with E-state index in [0.717, 1.165) is 23.6 Å². The van der Waals surface area contributed by atoms with Crippen molar-refractivity contribution < 1.29 is 14.0 Å². The lowest BCUT2D eigenvalue weighted by atomic mass is 9.96. The lowest BCUT2D eigenvalue weighted by Gasteiger charge is -2.24. The third-order valence-corrected chi connectivity index (χ3v) is 5.41. The standard InChI is InChI=1S/C22H28N2O3/c1-5-15(2)19-8-6-7-9-20(19)24-13-17(12-21(24)25)22(26)23(4)14-18-11-10-16(3)27-18/h6-11,15,17H,5,12-14H2,1-4H3/t15-,17-/m1/s1. The van der Waals surface area contributed by atoms with Crippen molar-refractivity contribution >= 4 is 17.5 Å². The lowest BCUT2D eigenvalue weighted by Crippen LogP contribution is -2.34. The van der Waals surface area contributed by atoms with Crippen LogP contribution in [0.4, 0.5) is 5.69 Å². The van der Waals surface area contributed by atoms with Gasteiger partial charge in [-0.15, -0.1) is 0 Å². The number of anilines is 1. The molecule has 0 saturated carbocycles. The fraction of sp³-hybridized carbons (Fsp3) is 0.455. The van der Waals surface area contributed by atoms with Gasteiger partial charge in [0, 0.05) is 25.7 Å². The Morgan fingerprint density at radius 2 is 2.04 bits per heavy atom. The van der Waals surface area contributed by atoms with Gasteiger partial charge in [0.2, 0.25) is 11.8 Å². The molecular formula is C22H28N2O3. The molecular weight excluding hydrogens is 340 g/mol. The monoisotopic (exact) mass is 368 g/mol. The van der Waals surface area contributed by atoms with Crippen LogP contribution in [0.1, 0.15) is 49.7 Å². The third-order valence-electron chi connectivity index (χ3n) is 5.41. The minimum absolute atomic E-state index is 0.0130. The first-order valence-corrected chi connectivity index (χ1v) is 9.60. The summed E-state index contributed by atoms with van der Waals surface area (Å²) in [5.41, 5.74) is 2.11. The van der Waals surface area contributed by atoms with Crippen LogP contribution in [0, 0.1) is 12.8 Å². The van der Waals surface area contributed by atoms with E-state index >= 15 is 0 Å². The summed E-state index contributed by atoms with van der Waals surface area (Å²) in [6, 6.07) is 11.8. The van der Waals surface area contributed by atoms with Crippen LogP contribution in [0.25, 0.3) is 0 Å². The Bertz CT molecular complexity index is 826. The van der Waals surface area contributed by atoms with Gasteiger partial charge in [-0.3, -0.25) is 9.59 Å². The molecule has 2 heterocycles. The zero-order valence-corrected chi connectivity index (χ0v) is 16.6. The van der Waals surface area contributed by atoms with E-state index in [1.807, 2.05) is 37.3 Å². The smallest absolute Gasteiger partial charge is 0.228 e. The van der Waals surface area contributed by atoms with Crippen molar-refractivity contribution in [2.24, 2.45) is 5.92 Å². The molecule has 1 aliphatic heterocycles. The third kappa shape index (κ3) is 4.07. The summed E-state index contributed by atoms with van der Waals surface area (Å²) in [6.45, 7) is 7.05. The van der Waals surface area contributed by atoms with Crippen LogP contribution < -0.4 is 4.90 Å². The Labute approximate surface area is 160 Å². The van der Waals surface area contributed by atoms with E-state index in [2.05, 4.69) is 19.9 Å². The second kappa shape index (κ2) is 7.99. The highest BCUT2D eigenvalue weighted by Crippen LogP contribution is 2.34. The lowest BCUT2D eigenvalue weighted by molar-refractivity contribution is -0.135. The largest absolute Gasteiger partial charge is 0.464 e. The average molecular weight is 368 g/mol. The number of para-hydroxylation sites is 1. The number of carbonyl (C=O) groups excluding carboxylic acids is 2. The molecule has 1 fully saturated rings. The quantitative estimate of drug-likeness (QED) is 0.771. The molecule has 0 unspecified atom stereocenters. The molecule has 1 saturated heterocycles. The van der Waals surface area contributed by atoms with Crippen molar-refractivity contribution in [2.75, 3.05) is 18.5 Å². The summed E-state index contributed by atoms with van der Waals surface area (Å²) in [5, 5.41) is 0. The minimum atomic E-state index is -0.316. The summed E-state index contributed by atoms with van der Waals surface area (Å²) in [6.07, 6.45) is 1.27. The molecule has 0 bridgehead atoms. The SMILES string of the molecule is CC[C@@H](C)c1ccccc1N1C[C@H](C(=O)N(C)Cc2ccc(C)o2)CC1=O. The number of carbonyl (C=O) groups is 2. The molecule has 0 aliphatic carbocycles. The summed E-state index contributed by atoms with van der Waals surface area (Å²) in [5.74, 6) is 1.64. The van der Waals surface area contributed by atoms with Crippen LogP contribution in [0.5, 0.6) is 0 Å². The van der Waals surface area contributed by atoms with Crippen LogP contribution in [0.3, 0.4) is 0 Å².